The summed E-state index contributed by atoms with van der Waals surface area (Å²) in [5, 5.41) is 18.8. The third-order valence-electron chi connectivity index (χ3n) is 2.08. The Hall–Kier alpha value is -0.850. The molecule has 0 radical (unpaired) electrons. The van der Waals surface area contributed by atoms with Crippen LogP contribution in [0, 0.1) is 0 Å². The number of thioether (sulfide) groups is 1. The molecule has 90 valence electrons. The molecule has 1 atom stereocenters. The maximum Gasteiger partial charge on any atom is 0.131 e. The van der Waals surface area contributed by atoms with E-state index in [9.17, 15) is 5.11 Å². The Morgan fingerprint density at radius 3 is 2.69 bits per heavy atom. The second-order valence-electron chi connectivity index (χ2n) is 3.78. The van der Waals surface area contributed by atoms with Crippen molar-refractivity contribution in [3.63, 3.8) is 0 Å². The monoisotopic (exact) mass is 243 g/mol. The van der Waals surface area contributed by atoms with E-state index < -0.39 is 6.10 Å². The third kappa shape index (κ3) is 3.33. The highest BCUT2D eigenvalue weighted by atomic mass is 32.2. The average molecular weight is 243 g/mol. The number of hydrogen-bond acceptors (Lipinski definition) is 6. The first-order chi connectivity index (χ1) is 7.56. The van der Waals surface area contributed by atoms with Crippen molar-refractivity contribution in [2.45, 2.75) is 30.9 Å². The normalized spacial score (nSPS) is 13.1. The lowest BCUT2D eigenvalue weighted by molar-refractivity contribution is 0.113. The highest BCUT2D eigenvalue weighted by Crippen LogP contribution is 2.29. The molecular formula is C10H17N3O2S. The molecular weight excluding hydrogens is 226 g/mol. The van der Waals surface area contributed by atoms with Gasteiger partial charge in [-0.3, -0.25) is 0 Å². The summed E-state index contributed by atoms with van der Waals surface area (Å²) in [5.41, 5.74) is 6.69. The summed E-state index contributed by atoms with van der Waals surface area (Å²) in [6.45, 7) is 3.79. The van der Waals surface area contributed by atoms with Crippen LogP contribution in [0.4, 0.5) is 5.82 Å². The predicted molar refractivity (Wildman–Crippen MR) is 64.4 cm³/mol. The highest BCUT2D eigenvalue weighted by Gasteiger charge is 2.14. The van der Waals surface area contributed by atoms with Crippen LogP contribution in [0.3, 0.4) is 0 Å². The van der Waals surface area contributed by atoms with E-state index in [4.69, 9.17) is 10.8 Å². The van der Waals surface area contributed by atoms with E-state index in [-0.39, 0.29) is 12.5 Å². The molecule has 0 amide bonds. The van der Waals surface area contributed by atoms with Gasteiger partial charge in [0, 0.05) is 11.3 Å². The first kappa shape index (κ1) is 13.2. The van der Waals surface area contributed by atoms with Crippen molar-refractivity contribution in [2.75, 3.05) is 18.1 Å². The van der Waals surface area contributed by atoms with Gasteiger partial charge in [-0.1, -0.05) is 13.8 Å². The zero-order valence-electron chi connectivity index (χ0n) is 9.42. The van der Waals surface area contributed by atoms with Crippen LogP contribution in [0.2, 0.25) is 0 Å². The summed E-state index contributed by atoms with van der Waals surface area (Å²) in [6.07, 6.45) is 0.677. The van der Waals surface area contributed by atoms with Gasteiger partial charge in [0.2, 0.25) is 0 Å². The fourth-order valence-corrected chi connectivity index (χ4v) is 2.35. The van der Waals surface area contributed by atoms with E-state index in [1.807, 2.05) is 13.8 Å². The molecule has 0 aliphatic carbocycles. The minimum absolute atomic E-state index is 0.231. The van der Waals surface area contributed by atoms with Gasteiger partial charge in [0.1, 0.15) is 17.2 Å². The van der Waals surface area contributed by atoms with Crippen LogP contribution >= 0.6 is 11.8 Å². The minimum Gasteiger partial charge on any atom is -0.394 e. The number of aliphatic hydroxyl groups excluding tert-OH is 2. The fourth-order valence-electron chi connectivity index (χ4n) is 1.28. The van der Waals surface area contributed by atoms with Crippen LogP contribution in [-0.2, 0) is 0 Å². The van der Waals surface area contributed by atoms with Crippen molar-refractivity contribution in [2.24, 2.45) is 0 Å². The average Bonchev–Trinajstić information content (AvgIpc) is 2.25. The maximum atomic E-state index is 9.27. The van der Waals surface area contributed by atoms with Gasteiger partial charge >= 0.3 is 0 Å². The van der Waals surface area contributed by atoms with E-state index in [0.29, 0.717) is 11.6 Å². The number of hydrogen-bond donors (Lipinski definition) is 3. The van der Waals surface area contributed by atoms with E-state index in [1.54, 1.807) is 0 Å². The summed E-state index contributed by atoms with van der Waals surface area (Å²) in [5.74, 6) is 1.10. The summed E-state index contributed by atoms with van der Waals surface area (Å²) >= 11 is 1.38. The Kier molecular flexibility index (Phi) is 4.98. The van der Waals surface area contributed by atoms with Gasteiger partial charge in [-0.05, 0) is 5.92 Å². The highest BCUT2D eigenvalue weighted by molar-refractivity contribution is 7.99. The molecule has 6 heteroatoms. The molecule has 1 rings (SSSR count). The van der Waals surface area contributed by atoms with Gasteiger partial charge in [0.25, 0.3) is 0 Å². The second-order valence-corrected chi connectivity index (χ2v) is 4.79. The molecule has 16 heavy (non-hydrogen) atoms. The van der Waals surface area contributed by atoms with E-state index in [0.717, 1.165) is 10.6 Å². The number of rotatable bonds is 5. The zero-order chi connectivity index (χ0) is 12.1. The van der Waals surface area contributed by atoms with Crippen LogP contribution < -0.4 is 5.73 Å². The number of nitrogens with zero attached hydrogens (tertiary/aromatic N) is 2. The molecule has 0 aliphatic rings. The van der Waals surface area contributed by atoms with Gasteiger partial charge in [0.05, 0.1) is 12.7 Å². The van der Waals surface area contributed by atoms with Crippen LogP contribution in [0.1, 0.15) is 25.3 Å². The van der Waals surface area contributed by atoms with E-state index in [2.05, 4.69) is 9.97 Å². The van der Waals surface area contributed by atoms with Crippen LogP contribution in [-0.4, -0.2) is 38.6 Å². The molecule has 1 heterocycles. The van der Waals surface area contributed by atoms with E-state index in [1.165, 1.54) is 18.1 Å². The zero-order valence-corrected chi connectivity index (χ0v) is 10.2. The van der Waals surface area contributed by atoms with Crippen molar-refractivity contribution in [1.29, 1.82) is 0 Å². The Morgan fingerprint density at radius 2 is 2.12 bits per heavy atom. The largest absolute Gasteiger partial charge is 0.394 e. The lowest BCUT2D eigenvalue weighted by Gasteiger charge is -2.13. The molecule has 0 bridgehead atoms. The molecule has 1 aromatic rings. The van der Waals surface area contributed by atoms with Crippen molar-refractivity contribution in [3.05, 3.63) is 11.9 Å². The molecule has 0 saturated heterocycles. The Balaban J connectivity index is 2.83. The number of anilines is 1. The summed E-state index contributed by atoms with van der Waals surface area (Å²) in [4.78, 5) is 8.10. The summed E-state index contributed by atoms with van der Waals surface area (Å²) < 4.78 is 0. The van der Waals surface area contributed by atoms with Crippen molar-refractivity contribution >= 4 is 17.6 Å². The van der Waals surface area contributed by atoms with Crippen molar-refractivity contribution in [3.8, 4) is 0 Å². The quantitative estimate of drug-likeness (QED) is 0.519. The number of nitrogens with two attached hydrogens (primary N) is 1. The Morgan fingerprint density at radius 1 is 1.44 bits per heavy atom. The standard InChI is InChI=1S/C10H17N3O2S/c1-6(2)8-9(11)12-5-13-10(8)16-4-7(15)3-14/h5-7,14-15H,3-4H2,1-2H3,(H2,11,12,13). The van der Waals surface area contributed by atoms with Crippen LogP contribution in [0.25, 0.3) is 0 Å². The Labute approximate surface area is 99.1 Å². The molecule has 0 saturated carbocycles. The summed E-state index contributed by atoms with van der Waals surface area (Å²) in [6, 6.07) is 0. The topological polar surface area (TPSA) is 92.3 Å². The Bertz CT molecular complexity index is 347. The molecule has 0 spiro atoms. The summed E-state index contributed by atoms with van der Waals surface area (Å²) in [7, 11) is 0. The second kappa shape index (κ2) is 6.03. The lowest BCUT2D eigenvalue weighted by Crippen LogP contribution is -2.15. The smallest absolute Gasteiger partial charge is 0.131 e. The first-order valence-corrected chi connectivity index (χ1v) is 6.06. The predicted octanol–water partition coefficient (Wildman–Crippen LogP) is 0.628. The third-order valence-corrected chi connectivity index (χ3v) is 3.23. The molecule has 5 nitrogen and oxygen atoms in total. The van der Waals surface area contributed by atoms with Gasteiger partial charge in [-0.15, -0.1) is 11.8 Å². The van der Waals surface area contributed by atoms with Crippen molar-refractivity contribution in [1.82, 2.24) is 9.97 Å². The van der Waals surface area contributed by atoms with Gasteiger partial charge in [-0.25, -0.2) is 9.97 Å². The SMILES string of the molecule is CC(C)c1c(N)ncnc1SCC(O)CO. The van der Waals surface area contributed by atoms with Crippen LogP contribution in [0.15, 0.2) is 11.4 Å². The fraction of sp³-hybridized carbons (Fsp3) is 0.600. The van der Waals surface area contributed by atoms with Gasteiger partial charge in [0.15, 0.2) is 0 Å². The first-order valence-electron chi connectivity index (χ1n) is 5.08. The molecule has 0 aliphatic heterocycles. The molecule has 1 unspecified atom stereocenters. The maximum absolute atomic E-state index is 9.27. The minimum atomic E-state index is -0.735. The molecule has 0 aromatic carbocycles. The molecule has 0 fully saturated rings. The van der Waals surface area contributed by atoms with Gasteiger partial charge < -0.3 is 15.9 Å². The number of nitrogen functional groups attached to an aromatic ring is 1. The van der Waals surface area contributed by atoms with Crippen molar-refractivity contribution < 1.29 is 10.2 Å². The number of aromatic nitrogens is 2. The molecule has 4 N–H and O–H groups in total. The number of aliphatic hydroxyl groups is 2. The molecule has 1 aromatic heterocycles. The van der Waals surface area contributed by atoms with Crippen LogP contribution in [0.5, 0.6) is 0 Å². The van der Waals surface area contributed by atoms with Gasteiger partial charge in [-0.2, -0.15) is 0 Å². The van der Waals surface area contributed by atoms with E-state index >= 15 is 0 Å². The lowest BCUT2D eigenvalue weighted by atomic mass is 10.1.